The highest BCUT2D eigenvalue weighted by Gasteiger charge is 2.17. The van der Waals surface area contributed by atoms with Gasteiger partial charge >= 0.3 is 0 Å². The average molecular weight is 363 g/mol. The maximum absolute atomic E-state index is 2.43. The molecular weight excluding hydrogens is 312 g/mol. The van der Waals surface area contributed by atoms with Gasteiger partial charge < -0.3 is 0 Å². The van der Waals surface area contributed by atoms with E-state index in [9.17, 15) is 0 Å². The van der Waals surface area contributed by atoms with Crippen molar-refractivity contribution >= 4 is 0 Å². The third-order valence-corrected chi connectivity index (χ3v) is 5.15. The maximum atomic E-state index is 2.43. The summed E-state index contributed by atoms with van der Waals surface area (Å²) in [6.45, 7) is 11.8. The number of hydrogen-bond donors (Lipinski definition) is 0. The van der Waals surface area contributed by atoms with Crippen LogP contribution in [0.3, 0.4) is 0 Å². The highest BCUT2D eigenvalue weighted by atomic mass is 14.2. The summed E-state index contributed by atoms with van der Waals surface area (Å²) in [7, 11) is 0. The summed E-state index contributed by atoms with van der Waals surface area (Å²) in [5.74, 6) is 0.914. The van der Waals surface area contributed by atoms with Gasteiger partial charge in [-0.3, -0.25) is 0 Å². The molecule has 154 valence electrons. The van der Waals surface area contributed by atoms with Crippen LogP contribution in [0.25, 0.3) is 0 Å². The molecule has 0 aromatic carbocycles. The molecule has 0 rings (SSSR count). The zero-order valence-electron chi connectivity index (χ0n) is 19.0. The van der Waals surface area contributed by atoms with Crippen molar-refractivity contribution in [3.05, 3.63) is 24.3 Å². The van der Waals surface area contributed by atoms with Gasteiger partial charge in [-0.25, -0.2) is 0 Å². The summed E-state index contributed by atoms with van der Waals surface area (Å²) < 4.78 is 0. The standard InChI is InChI=1S/C26H50/c1-6-8-10-12-14-16-18-20-22-25(24-26(3,4)5)23-21-19-17-15-13-11-9-7-2/h14-17,25H,6-13,18-24H2,1-5H3/b16-14-,17-15-. The predicted molar refractivity (Wildman–Crippen MR) is 122 cm³/mol. The van der Waals surface area contributed by atoms with Crippen molar-refractivity contribution in [2.45, 2.75) is 131 Å². The first-order valence-electron chi connectivity index (χ1n) is 11.8. The van der Waals surface area contributed by atoms with Gasteiger partial charge in [-0.05, 0) is 69.1 Å². The Kier molecular flexibility index (Phi) is 17.5. The molecule has 0 atom stereocenters. The Hall–Kier alpha value is -0.520. The lowest BCUT2D eigenvalue weighted by Crippen LogP contribution is -2.13. The molecule has 0 amide bonds. The van der Waals surface area contributed by atoms with E-state index in [0.29, 0.717) is 5.41 Å². The van der Waals surface area contributed by atoms with Crippen LogP contribution in [0, 0.1) is 11.3 Å². The fraction of sp³-hybridized carbons (Fsp3) is 0.846. The van der Waals surface area contributed by atoms with Gasteiger partial charge in [-0.15, -0.1) is 0 Å². The minimum Gasteiger partial charge on any atom is -0.0885 e. The van der Waals surface area contributed by atoms with Crippen LogP contribution in [0.1, 0.15) is 131 Å². The van der Waals surface area contributed by atoms with Crippen LogP contribution in [0.2, 0.25) is 0 Å². The third kappa shape index (κ3) is 19.8. The van der Waals surface area contributed by atoms with E-state index < -0.39 is 0 Å². The Balaban J connectivity index is 3.94. The van der Waals surface area contributed by atoms with Crippen molar-refractivity contribution in [2.24, 2.45) is 11.3 Å². The average Bonchev–Trinajstić information content (AvgIpc) is 2.58. The summed E-state index contributed by atoms with van der Waals surface area (Å²) in [4.78, 5) is 0. The number of rotatable bonds is 17. The Morgan fingerprint density at radius 2 is 0.962 bits per heavy atom. The monoisotopic (exact) mass is 362 g/mol. The molecule has 0 radical (unpaired) electrons. The molecule has 0 N–H and O–H groups in total. The van der Waals surface area contributed by atoms with Crippen molar-refractivity contribution in [3.8, 4) is 0 Å². The van der Waals surface area contributed by atoms with Gasteiger partial charge in [0.15, 0.2) is 0 Å². The second-order valence-corrected chi connectivity index (χ2v) is 9.43. The van der Waals surface area contributed by atoms with E-state index in [4.69, 9.17) is 0 Å². The lowest BCUT2D eigenvalue weighted by molar-refractivity contribution is 0.264. The quantitative estimate of drug-likeness (QED) is 0.178. The Morgan fingerprint density at radius 3 is 1.31 bits per heavy atom. The van der Waals surface area contributed by atoms with Gasteiger partial charge in [0.1, 0.15) is 0 Å². The van der Waals surface area contributed by atoms with Crippen molar-refractivity contribution in [3.63, 3.8) is 0 Å². The van der Waals surface area contributed by atoms with Gasteiger partial charge in [-0.2, -0.15) is 0 Å². The fourth-order valence-corrected chi connectivity index (χ4v) is 3.76. The Labute approximate surface area is 166 Å². The van der Waals surface area contributed by atoms with E-state index in [1.807, 2.05) is 0 Å². The van der Waals surface area contributed by atoms with Crippen LogP contribution in [-0.2, 0) is 0 Å². The molecule has 0 fully saturated rings. The number of allylic oxidation sites excluding steroid dienone is 4. The van der Waals surface area contributed by atoms with Crippen LogP contribution in [0.4, 0.5) is 0 Å². The Morgan fingerprint density at radius 1 is 0.577 bits per heavy atom. The molecule has 0 heteroatoms. The summed E-state index contributed by atoms with van der Waals surface area (Å²) in [6.07, 6.45) is 29.9. The Bertz CT molecular complexity index is 302. The topological polar surface area (TPSA) is 0 Å². The molecular formula is C26H50. The third-order valence-electron chi connectivity index (χ3n) is 5.15. The van der Waals surface area contributed by atoms with E-state index in [0.717, 1.165) is 5.92 Å². The zero-order chi connectivity index (χ0) is 19.5. The van der Waals surface area contributed by atoms with E-state index in [1.54, 1.807) is 0 Å². The first-order valence-corrected chi connectivity index (χ1v) is 11.8. The molecule has 0 aromatic rings. The first kappa shape index (κ1) is 25.5. The minimum atomic E-state index is 0.469. The van der Waals surface area contributed by atoms with E-state index in [-0.39, 0.29) is 0 Å². The molecule has 0 unspecified atom stereocenters. The normalized spacial score (nSPS) is 12.8. The molecule has 0 heterocycles. The van der Waals surface area contributed by atoms with Crippen LogP contribution >= 0.6 is 0 Å². The van der Waals surface area contributed by atoms with Gasteiger partial charge in [0.2, 0.25) is 0 Å². The fourth-order valence-electron chi connectivity index (χ4n) is 3.76. The largest absolute Gasteiger partial charge is 0.0885 e. The summed E-state index contributed by atoms with van der Waals surface area (Å²) >= 11 is 0. The zero-order valence-corrected chi connectivity index (χ0v) is 19.0. The van der Waals surface area contributed by atoms with E-state index in [2.05, 4.69) is 58.9 Å². The van der Waals surface area contributed by atoms with Crippen LogP contribution in [-0.4, -0.2) is 0 Å². The smallest absolute Gasteiger partial charge is 0.0351 e. The predicted octanol–water partition coefficient (Wildman–Crippen LogP) is 9.65. The molecule has 0 saturated heterocycles. The van der Waals surface area contributed by atoms with Gasteiger partial charge in [0.05, 0.1) is 0 Å². The second kappa shape index (κ2) is 17.9. The first-order chi connectivity index (χ1) is 12.5. The molecule has 0 spiro atoms. The number of unbranched alkanes of at least 4 members (excludes halogenated alkanes) is 8. The van der Waals surface area contributed by atoms with Crippen molar-refractivity contribution in [1.82, 2.24) is 0 Å². The summed E-state index contributed by atoms with van der Waals surface area (Å²) in [5.41, 5.74) is 0.469. The van der Waals surface area contributed by atoms with Gasteiger partial charge in [-0.1, -0.05) is 97.4 Å². The van der Waals surface area contributed by atoms with Gasteiger partial charge in [0.25, 0.3) is 0 Å². The van der Waals surface area contributed by atoms with Crippen molar-refractivity contribution in [1.29, 1.82) is 0 Å². The molecule has 0 aliphatic carbocycles. The van der Waals surface area contributed by atoms with E-state index in [1.165, 1.54) is 96.3 Å². The van der Waals surface area contributed by atoms with Crippen molar-refractivity contribution < 1.29 is 0 Å². The lowest BCUT2D eigenvalue weighted by Gasteiger charge is -2.26. The van der Waals surface area contributed by atoms with Crippen LogP contribution in [0.5, 0.6) is 0 Å². The molecule has 0 aliphatic rings. The SMILES string of the molecule is CCCCC/C=C\CCCC(CCC/C=C\CCCCC)CC(C)(C)C. The van der Waals surface area contributed by atoms with Gasteiger partial charge in [0, 0.05) is 0 Å². The maximum Gasteiger partial charge on any atom is -0.0351 e. The minimum absolute atomic E-state index is 0.469. The van der Waals surface area contributed by atoms with Crippen LogP contribution in [0.15, 0.2) is 24.3 Å². The molecule has 0 bridgehead atoms. The lowest BCUT2D eigenvalue weighted by atomic mass is 9.80. The molecule has 26 heavy (non-hydrogen) atoms. The molecule has 0 aliphatic heterocycles. The highest BCUT2D eigenvalue weighted by molar-refractivity contribution is 4.83. The highest BCUT2D eigenvalue weighted by Crippen LogP contribution is 2.31. The summed E-state index contributed by atoms with van der Waals surface area (Å²) in [6, 6.07) is 0. The molecule has 0 aromatic heterocycles. The molecule has 0 nitrogen and oxygen atoms in total. The second-order valence-electron chi connectivity index (χ2n) is 9.43. The molecule has 0 saturated carbocycles. The number of hydrogen-bond acceptors (Lipinski definition) is 0. The van der Waals surface area contributed by atoms with Crippen molar-refractivity contribution in [2.75, 3.05) is 0 Å². The van der Waals surface area contributed by atoms with Crippen LogP contribution < -0.4 is 0 Å². The van der Waals surface area contributed by atoms with E-state index >= 15 is 0 Å². The summed E-state index contributed by atoms with van der Waals surface area (Å²) in [5, 5.41) is 0.